The van der Waals surface area contributed by atoms with Crippen LogP contribution >= 0.6 is 0 Å². The molecule has 0 amide bonds. The summed E-state index contributed by atoms with van der Waals surface area (Å²) >= 11 is 0. The van der Waals surface area contributed by atoms with Crippen molar-refractivity contribution in [2.75, 3.05) is 7.11 Å². The van der Waals surface area contributed by atoms with Crippen LogP contribution in [0.2, 0.25) is 0 Å². The lowest BCUT2D eigenvalue weighted by molar-refractivity contribution is 0.0881. The van der Waals surface area contributed by atoms with Crippen molar-refractivity contribution in [3.63, 3.8) is 0 Å². The lowest BCUT2D eigenvalue weighted by Gasteiger charge is -2.25. The maximum absolute atomic E-state index is 12.7. The number of rotatable bonds is 3. The summed E-state index contributed by atoms with van der Waals surface area (Å²) in [5.41, 5.74) is 8.77. The lowest BCUT2D eigenvalue weighted by atomic mass is 9.81. The highest BCUT2D eigenvalue weighted by molar-refractivity contribution is 6.01. The molecule has 3 heteroatoms. The molecule has 3 nitrogen and oxygen atoms in total. The van der Waals surface area contributed by atoms with Crippen molar-refractivity contribution in [1.82, 2.24) is 0 Å². The van der Waals surface area contributed by atoms with Gasteiger partial charge >= 0.3 is 0 Å². The van der Waals surface area contributed by atoms with Gasteiger partial charge < -0.3 is 10.5 Å². The SMILES string of the molecule is COc1c(C)cc(C)cc1C(=O)C1CCC(N)CC1. The lowest BCUT2D eigenvalue weighted by Crippen LogP contribution is -2.30. The van der Waals surface area contributed by atoms with Crippen LogP contribution in [-0.2, 0) is 0 Å². The Balaban J connectivity index is 2.28. The Morgan fingerprint density at radius 1 is 1.21 bits per heavy atom. The van der Waals surface area contributed by atoms with Crippen molar-refractivity contribution in [1.29, 1.82) is 0 Å². The van der Waals surface area contributed by atoms with Crippen molar-refractivity contribution in [3.8, 4) is 5.75 Å². The molecule has 104 valence electrons. The average molecular weight is 261 g/mol. The molecule has 1 saturated carbocycles. The molecule has 2 N–H and O–H groups in total. The molecule has 0 spiro atoms. The minimum absolute atomic E-state index is 0.106. The Kier molecular flexibility index (Phi) is 4.25. The normalized spacial score (nSPS) is 23.2. The van der Waals surface area contributed by atoms with Gasteiger partial charge in [0.15, 0.2) is 5.78 Å². The van der Waals surface area contributed by atoms with Crippen molar-refractivity contribution >= 4 is 5.78 Å². The maximum Gasteiger partial charge on any atom is 0.169 e. The van der Waals surface area contributed by atoms with E-state index in [1.165, 1.54) is 0 Å². The highest BCUT2D eigenvalue weighted by Crippen LogP contribution is 2.32. The number of nitrogens with two attached hydrogens (primary N) is 1. The van der Waals surface area contributed by atoms with Crippen molar-refractivity contribution in [2.24, 2.45) is 11.7 Å². The van der Waals surface area contributed by atoms with Gasteiger partial charge in [0, 0.05) is 12.0 Å². The van der Waals surface area contributed by atoms with Gasteiger partial charge in [-0.25, -0.2) is 0 Å². The van der Waals surface area contributed by atoms with Crippen molar-refractivity contribution in [3.05, 3.63) is 28.8 Å². The van der Waals surface area contributed by atoms with E-state index in [0.29, 0.717) is 0 Å². The first-order chi connectivity index (χ1) is 9.02. The molecule has 2 rings (SSSR count). The zero-order valence-electron chi connectivity index (χ0n) is 12.0. The summed E-state index contributed by atoms with van der Waals surface area (Å²) < 4.78 is 5.42. The number of hydrogen-bond donors (Lipinski definition) is 1. The third kappa shape index (κ3) is 2.98. The Morgan fingerprint density at radius 3 is 2.42 bits per heavy atom. The zero-order chi connectivity index (χ0) is 14.0. The summed E-state index contributed by atoms with van der Waals surface area (Å²) in [5.74, 6) is 1.05. The first kappa shape index (κ1) is 14.1. The van der Waals surface area contributed by atoms with Gasteiger partial charge in [-0.15, -0.1) is 0 Å². The highest BCUT2D eigenvalue weighted by atomic mass is 16.5. The van der Waals surface area contributed by atoms with Crippen molar-refractivity contribution in [2.45, 2.75) is 45.6 Å². The van der Waals surface area contributed by atoms with Gasteiger partial charge in [0.1, 0.15) is 5.75 Å². The van der Waals surface area contributed by atoms with Crippen LogP contribution in [0.25, 0.3) is 0 Å². The first-order valence-corrected chi connectivity index (χ1v) is 6.98. The fourth-order valence-electron chi connectivity index (χ4n) is 3.01. The second-order valence-corrected chi connectivity index (χ2v) is 5.64. The van der Waals surface area contributed by atoms with Gasteiger partial charge in [0.2, 0.25) is 0 Å². The largest absolute Gasteiger partial charge is 0.496 e. The van der Waals surface area contributed by atoms with E-state index in [9.17, 15) is 4.79 Å². The third-order valence-electron chi connectivity index (χ3n) is 4.03. The molecule has 19 heavy (non-hydrogen) atoms. The minimum atomic E-state index is 0.106. The summed E-state index contributed by atoms with van der Waals surface area (Å²) in [6.45, 7) is 4.00. The van der Waals surface area contributed by atoms with E-state index >= 15 is 0 Å². The predicted molar refractivity (Wildman–Crippen MR) is 76.7 cm³/mol. The van der Waals surface area contributed by atoms with Crippen LogP contribution < -0.4 is 10.5 Å². The van der Waals surface area contributed by atoms with Gasteiger partial charge in [0.25, 0.3) is 0 Å². The number of methoxy groups -OCH3 is 1. The van der Waals surface area contributed by atoms with Gasteiger partial charge in [-0.3, -0.25) is 4.79 Å². The Morgan fingerprint density at radius 2 is 1.84 bits per heavy atom. The van der Waals surface area contributed by atoms with Crippen LogP contribution in [0.15, 0.2) is 12.1 Å². The highest BCUT2D eigenvalue weighted by Gasteiger charge is 2.27. The van der Waals surface area contributed by atoms with E-state index in [1.54, 1.807) is 7.11 Å². The molecule has 1 aromatic carbocycles. The smallest absolute Gasteiger partial charge is 0.169 e. The number of Topliss-reactive ketones (excluding diaryl/α,β-unsaturated/α-hetero) is 1. The second kappa shape index (κ2) is 5.74. The molecule has 0 unspecified atom stereocenters. The Bertz CT molecular complexity index is 474. The fourth-order valence-corrected chi connectivity index (χ4v) is 3.01. The van der Waals surface area contributed by atoms with E-state index in [1.807, 2.05) is 26.0 Å². The van der Waals surface area contributed by atoms with Crippen LogP contribution in [0.5, 0.6) is 5.75 Å². The van der Waals surface area contributed by atoms with E-state index in [2.05, 4.69) is 0 Å². The molecule has 0 atom stereocenters. The van der Waals surface area contributed by atoms with Crippen molar-refractivity contribution < 1.29 is 9.53 Å². The molecular weight excluding hydrogens is 238 g/mol. The van der Waals surface area contributed by atoms with Gasteiger partial charge in [-0.2, -0.15) is 0 Å². The molecule has 1 aliphatic carbocycles. The number of benzene rings is 1. The summed E-state index contributed by atoms with van der Waals surface area (Å²) in [5, 5.41) is 0. The number of ketones is 1. The number of hydrogen-bond acceptors (Lipinski definition) is 3. The maximum atomic E-state index is 12.7. The predicted octanol–water partition coefficient (Wildman–Crippen LogP) is 3.01. The Hall–Kier alpha value is -1.35. The van der Waals surface area contributed by atoms with E-state index < -0.39 is 0 Å². The summed E-state index contributed by atoms with van der Waals surface area (Å²) in [6.07, 6.45) is 3.69. The molecule has 0 aromatic heterocycles. The molecule has 0 heterocycles. The third-order valence-corrected chi connectivity index (χ3v) is 4.03. The standard InChI is InChI=1S/C16H23NO2/c1-10-8-11(2)16(19-3)14(9-10)15(18)12-4-6-13(17)7-5-12/h8-9,12-13H,4-7,17H2,1-3H3. The monoisotopic (exact) mass is 261 g/mol. The number of carbonyl (C=O) groups is 1. The number of carbonyl (C=O) groups excluding carboxylic acids is 1. The van der Waals surface area contributed by atoms with Gasteiger partial charge in [0.05, 0.1) is 12.7 Å². The van der Waals surface area contributed by atoms with Crippen LogP contribution in [0.3, 0.4) is 0 Å². The Labute approximate surface area is 115 Å². The van der Waals surface area contributed by atoms with E-state index in [-0.39, 0.29) is 17.7 Å². The number of aryl methyl sites for hydroxylation is 2. The van der Waals surface area contributed by atoms with Gasteiger partial charge in [-0.05, 0) is 56.7 Å². The quantitative estimate of drug-likeness (QED) is 0.851. The van der Waals surface area contributed by atoms with Crippen LogP contribution in [0, 0.1) is 19.8 Å². The molecule has 1 aliphatic rings. The average Bonchev–Trinajstić information content (AvgIpc) is 2.38. The molecule has 1 fully saturated rings. The molecular formula is C16H23NO2. The minimum Gasteiger partial charge on any atom is -0.496 e. The topological polar surface area (TPSA) is 52.3 Å². The molecule has 0 bridgehead atoms. The molecule has 0 aliphatic heterocycles. The first-order valence-electron chi connectivity index (χ1n) is 6.98. The van der Waals surface area contributed by atoms with E-state index in [0.717, 1.165) is 48.1 Å². The summed E-state index contributed by atoms with van der Waals surface area (Å²) in [6, 6.07) is 4.26. The summed E-state index contributed by atoms with van der Waals surface area (Å²) in [4.78, 5) is 12.7. The molecule has 0 saturated heterocycles. The van der Waals surface area contributed by atoms with Crippen LogP contribution in [0.1, 0.15) is 47.2 Å². The van der Waals surface area contributed by atoms with E-state index in [4.69, 9.17) is 10.5 Å². The molecule has 0 radical (unpaired) electrons. The number of ether oxygens (including phenoxy) is 1. The van der Waals surface area contributed by atoms with Crippen LogP contribution in [0.4, 0.5) is 0 Å². The molecule has 1 aromatic rings. The second-order valence-electron chi connectivity index (χ2n) is 5.64. The van der Waals surface area contributed by atoms with Gasteiger partial charge in [-0.1, -0.05) is 6.07 Å². The zero-order valence-corrected chi connectivity index (χ0v) is 12.0. The summed E-state index contributed by atoms with van der Waals surface area (Å²) in [7, 11) is 1.63. The van der Waals surface area contributed by atoms with Crippen LogP contribution in [-0.4, -0.2) is 18.9 Å². The fraction of sp³-hybridized carbons (Fsp3) is 0.562.